The standard InChI is InChI=1S/C17H15BrN2/c18-15-6-2-5-14-12-3-1-4-13(12)16(20-17(14)15)11-7-9-19-10-8-11/h1-3,5-10,12-13,16,20H,4H2/t12-,13+,16+/m0/s1. The van der Waals surface area contributed by atoms with Crippen molar-refractivity contribution >= 4 is 21.6 Å². The van der Waals surface area contributed by atoms with Crippen LogP contribution in [0.2, 0.25) is 0 Å². The number of halogens is 1. The van der Waals surface area contributed by atoms with E-state index in [1.165, 1.54) is 16.8 Å². The van der Waals surface area contributed by atoms with Crippen LogP contribution in [0, 0.1) is 5.92 Å². The summed E-state index contributed by atoms with van der Waals surface area (Å²) in [4.78, 5) is 4.13. The summed E-state index contributed by atoms with van der Waals surface area (Å²) in [5.74, 6) is 1.11. The fourth-order valence-corrected chi connectivity index (χ4v) is 3.98. The lowest BCUT2D eigenvalue weighted by molar-refractivity contribution is 0.425. The molecule has 0 bridgehead atoms. The Morgan fingerprint density at radius 3 is 2.85 bits per heavy atom. The molecule has 20 heavy (non-hydrogen) atoms. The van der Waals surface area contributed by atoms with E-state index in [4.69, 9.17) is 0 Å². The summed E-state index contributed by atoms with van der Waals surface area (Å²) < 4.78 is 1.15. The largest absolute Gasteiger partial charge is 0.377 e. The fourth-order valence-electron chi connectivity index (χ4n) is 3.48. The molecule has 0 radical (unpaired) electrons. The van der Waals surface area contributed by atoms with E-state index in [-0.39, 0.29) is 0 Å². The van der Waals surface area contributed by atoms with E-state index in [9.17, 15) is 0 Å². The van der Waals surface area contributed by atoms with E-state index in [2.05, 4.69) is 68.7 Å². The minimum Gasteiger partial charge on any atom is -0.377 e. The van der Waals surface area contributed by atoms with Gasteiger partial charge >= 0.3 is 0 Å². The topological polar surface area (TPSA) is 24.9 Å². The van der Waals surface area contributed by atoms with Crippen molar-refractivity contribution in [1.29, 1.82) is 0 Å². The second kappa shape index (κ2) is 4.74. The van der Waals surface area contributed by atoms with Crippen molar-refractivity contribution in [3.63, 3.8) is 0 Å². The van der Waals surface area contributed by atoms with Crippen molar-refractivity contribution in [2.75, 3.05) is 5.32 Å². The lowest BCUT2D eigenvalue weighted by Crippen LogP contribution is -2.29. The van der Waals surface area contributed by atoms with Crippen molar-refractivity contribution in [2.24, 2.45) is 5.92 Å². The number of hydrogen-bond donors (Lipinski definition) is 1. The normalized spacial score (nSPS) is 26.8. The summed E-state index contributed by atoms with van der Waals surface area (Å²) in [6.45, 7) is 0. The first-order chi connectivity index (χ1) is 9.84. The van der Waals surface area contributed by atoms with Gasteiger partial charge in [-0.15, -0.1) is 0 Å². The molecule has 0 saturated heterocycles. The maximum Gasteiger partial charge on any atom is 0.0555 e. The van der Waals surface area contributed by atoms with Gasteiger partial charge < -0.3 is 5.32 Å². The molecule has 1 aromatic carbocycles. The minimum atomic E-state index is 0.351. The summed E-state index contributed by atoms with van der Waals surface area (Å²) in [6, 6.07) is 11.1. The number of hydrogen-bond acceptors (Lipinski definition) is 2. The third-order valence-corrected chi connectivity index (χ3v) is 5.07. The zero-order valence-corrected chi connectivity index (χ0v) is 12.5. The highest BCUT2D eigenvalue weighted by Crippen LogP contribution is 2.51. The van der Waals surface area contributed by atoms with E-state index in [0.717, 1.165) is 10.9 Å². The number of benzene rings is 1. The second-order valence-corrected chi connectivity index (χ2v) is 6.31. The number of allylic oxidation sites excluding steroid dienone is 2. The molecule has 0 spiro atoms. The van der Waals surface area contributed by atoms with Crippen LogP contribution in [0.15, 0.2) is 59.4 Å². The van der Waals surface area contributed by atoms with Gasteiger partial charge in [-0.1, -0.05) is 24.3 Å². The Hall–Kier alpha value is -1.61. The van der Waals surface area contributed by atoms with Crippen molar-refractivity contribution in [3.8, 4) is 0 Å². The van der Waals surface area contributed by atoms with Crippen LogP contribution in [0.4, 0.5) is 5.69 Å². The number of aromatic nitrogens is 1. The SMILES string of the molecule is Brc1cccc2c1N[C@H](c1ccncc1)[C@@H]1CC=C[C@H]21. The Labute approximate surface area is 127 Å². The van der Waals surface area contributed by atoms with Gasteiger partial charge in [0.05, 0.1) is 11.7 Å². The predicted octanol–water partition coefficient (Wildman–Crippen LogP) is 4.67. The van der Waals surface area contributed by atoms with Crippen molar-refractivity contribution in [2.45, 2.75) is 18.4 Å². The number of anilines is 1. The molecule has 2 aromatic rings. The van der Waals surface area contributed by atoms with Gasteiger partial charge in [-0.05, 0) is 57.6 Å². The molecule has 3 heteroatoms. The van der Waals surface area contributed by atoms with E-state index in [1.54, 1.807) is 0 Å². The van der Waals surface area contributed by atoms with Gasteiger partial charge in [0, 0.05) is 22.8 Å². The van der Waals surface area contributed by atoms with Crippen molar-refractivity contribution < 1.29 is 0 Å². The zero-order chi connectivity index (χ0) is 13.5. The number of pyridine rings is 1. The number of rotatable bonds is 1. The van der Waals surface area contributed by atoms with Crippen LogP contribution in [-0.2, 0) is 0 Å². The molecule has 1 aliphatic carbocycles. The van der Waals surface area contributed by atoms with Gasteiger partial charge in [-0.3, -0.25) is 4.98 Å². The van der Waals surface area contributed by atoms with Gasteiger partial charge in [0.15, 0.2) is 0 Å². The maximum absolute atomic E-state index is 4.13. The smallest absolute Gasteiger partial charge is 0.0555 e. The number of nitrogens with zero attached hydrogens (tertiary/aromatic N) is 1. The van der Waals surface area contributed by atoms with Gasteiger partial charge in [0.1, 0.15) is 0 Å². The van der Waals surface area contributed by atoms with Gasteiger partial charge in [-0.25, -0.2) is 0 Å². The quantitative estimate of drug-likeness (QED) is 0.770. The molecule has 1 aromatic heterocycles. The summed E-state index contributed by atoms with van der Waals surface area (Å²) >= 11 is 3.68. The molecule has 100 valence electrons. The first-order valence-corrected chi connectivity index (χ1v) is 7.75. The Balaban J connectivity index is 1.83. The lowest BCUT2D eigenvalue weighted by Gasteiger charge is -2.38. The molecule has 4 rings (SSSR count). The Kier molecular flexibility index (Phi) is 2.88. The molecule has 2 heterocycles. The van der Waals surface area contributed by atoms with Crippen LogP contribution in [0.25, 0.3) is 0 Å². The molecule has 3 atom stereocenters. The third kappa shape index (κ3) is 1.80. The highest BCUT2D eigenvalue weighted by atomic mass is 79.9. The molecular weight excluding hydrogens is 312 g/mol. The molecule has 0 saturated carbocycles. The van der Waals surface area contributed by atoms with Crippen molar-refractivity contribution in [1.82, 2.24) is 4.98 Å². The first kappa shape index (κ1) is 12.2. The zero-order valence-electron chi connectivity index (χ0n) is 11.0. The van der Waals surface area contributed by atoms with E-state index >= 15 is 0 Å². The monoisotopic (exact) mass is 326 g/mol. The summed E-state index contributed by atoms with van der Waals surface area (Å²) in [5, 5.41) is 3.74. The van der Waals surface area contributed by atoms with E-state index in [1.807, 2.05) is 12.4 Å². The number of para-hydroxylation sites is 1. The fraction of sp³-hybridized carbons (Fsp3) is 0.235. The third-order valence-electron chi connectivity index (χ3n) is 4.41. The molecule has 1 N–H and O–H groups in total. The van der Waals surface area contributed by atoms with Crippen LogP contribution < -0.4 is 5.32 Å². The number of fused-ring (bicyclic) bond motifs is 3. The van der Waals surface area contributed by atoms with Gasteiger partial charge in [0.25, 0.3) is 0 Å². The minimum absolute atomic E-state index is 0.351. The number of nitrogens with one attached hydrogen (secondary N) is 1. The van der Waals surface area contributed by atoms with E-state index < -0.39 is 0 Å². The maximum atomic E-state index is 4.13. The van der Waals surface area contributed by atoms with Gasteiger partial charge in [-0.2, -0.15) is 0 Å². The average molecular weight is 327 g/mol. The van der Waals surface area contributed by atoms with Crippen LogP contribution in [0.1, 0.15) is 29.5 Å². The molecular formula is C17H15BrN2. The molecule has 2 aliphatic rings. The summed E-state index contributed by atoms with van der Waals surface area (Å²) in [7, 11) is 0. The molecule has 0 amide bonds. The molecule has 2 nitrogen and oxygen atoms in total. The Morgan fingerprint density at radius 2 is 2.00 bits per heavy atom. The van der Waals surface area contributed by atoms with Crippen LogP contribution in [0.5, 0.6) is 0 Å². The lowest BCUT2D eigenvalue weighted by atomic mass is 9.77. The first-order valence-electron chi connectivity index (χ1n) is 6.96. The molecule has 0 unspecified atom stereocenters. The highest BCUT2D eigenvalue weighted by Gasteiger charge is 2.38. The summed E-state index contributed by atoms with van der Waals surface area (Å²) in [5.41, 5.74) is 3.96. The van der Waals surface area contributed by atoms with E-state index in [0.29, 0.717) is 17.9 Å². The van der Waals surface area contributed by atoms with Crippen molar-refractivity contribution in [3.05, 3.63) is 70.5 Å². The summed E-state index contributed by atoms with van der Waals surface area (Å²) in [6.07, 6.45) is 9.58. The molecule has 0 fully saturated rings. The highest BCUT2D eigenvalue weighted by molar-refractivity contribution is 9.10. The molecule has 1 aliphatic heterocycles. The van der Waals surface area contributed by atoms with Crippen LogP contribution in [0.3, 0.4) is 0 Å². The van der Waals surface area contributed by atoms with Crippen LogP contribution >= 0.6 is 15.9 Å². The Bertz CT molecular complexity index is 666. The second-order valence-electron chi connectivity index (χ2n) is 5.46. The van der Waals surface area contributed by atoms with Crippen LogP contribution in [-0.4, -0.2) is 4.98 Å². The predicted molar refractivity (Wildman–Crippen MR) is 84.7 cm³/mol. The Morgan fingerprint density at radius 1 is 1.15 bits per heavy atom. The average Bonchev–Trinajstić information content (AvgIpc) is 2.97. The van der Waals surface area contributed by atoms with Gasteiger partial charge in [0.2, 0.25) is 0 Å².